The summed E-state index contributed by atoms with van der Waals surface area (Å²) < 4.78 is 31.4. The Bertz CT molecular complexity index is 1290. The number of hydrogen-bond donors (Lipinski definition) is 0. The topological polar surface area (TPSA) is 80.8 Å². The van der Waals surface area contributed by atoms with Crippen molar-refractivity contribution < 1.29 is 22.7 Å². The fourth-order valence-electron chi connectivity index (χ4n) is 5.61. The number of carbonyl (C=O) groups is 2. The zero-order chi connectivity index (χ0) is 27.2. The van der Waals surface area contributed by atoms with Gasteiger partial charge >= 0.3 is 5.97 Å². The molecule has 4 unspecified atom stereocenters. The number of esters is 1. The first-order chi connectivity index (χ1) is 17.3. The van der Waals surface area contributed by atoms with Crippen LogP contribution in [-0.2, 0) is 24.2 Å². The van der Waals surface area contributed by atoms with Gasteiger partial charge in [-0.3, -0.25) is 9.59 Å². The van der Waals surface area contributed by atoms with Crippen molar-refractivity contribution in [3.8, 4) is 0 Å². The molecule has 2 saturated heterocycles. The van der Waals surface area contributed by atoms with Crippen LogP contribution in [0.5, 0.6) is 0 Å². The van der Waals surface area contributed by atoms with Gasteiger partial charge in [0.25, 0.3) is 0 Å². The van der Waals surface area contributed by atoms with Crippen LogP contribution in [0.1, 0.15) is 63.6 Å². The third kappa shape index (κ3) is 5.69. The van der Waals surface area contributed by atoms with E-state index in [0.29, 0.717) is 16.5 Å². The highest BCUT2D eigenvalue weighted by Gasteiger charge is 2.59. The molecule has 9 heteroatoms. The number of likely N-dealkylation sites (tertiary alicyclic amines) is 1. The van der Waals surface area contributed by atoms with E-state index in [2.05, 4.69) is 0 Å². The number of halogens is 2. The van der Waals surface area contributed by atoms with Gasteiger partial charge in [-0.1, -0.05) is 75.2 Å². The third-order valence-corrected chi connectivity index (χ3v) is 9.84. The molecule has 2 fully saturated rings. The van der Waals surface area contributed by atoms with E-state index in [4.69, 9.17) is 27.9 Å². The van der Waals surface area contributed by atoms with Gasteiger partial charge in [-0.2, -0.15) is 0 Å². The molecule has 0 aromatic heterocycles. The SMILES string of the molecule is CCS(=O)(=O)CC(N1C(=O)C2(COC(=O)C2)CC(c2cccc(Cl)c2)C1c1ccc(Cl)cc1)C(C)(C)C. The Morgan fingerprint density at radius 3 is 2.27 bits per heavy atom. The summed E-state index contributed by atoms with van der Waals surface area (Å²) in [7, 11) is -3.46. The number of amides is 1. The lowest BCUT2D eigenvalue weighted by atomic mass is 9.66. The van der Waals surface area contributed by atoms with E-state index < -0.39 is 38.7 Å². The summed E-state index contributed by atoms with van der Waals surface area (Å²) in [6, 6.07) is 13.7. The van der Waals surface area contributed by atoms with E-state index in [1.165, 1.54) is 0 Å². The summed E-state index contributed by atoms with van der Waals surface area (Å²) in [5.41, 5.74) is 0.0938. The van der Waals surface area contributed by atoms with Crippen LogP contribution in [0.2, 0.25) is 10.0 Å². The molecular formula is C28H33Cl2NO5S. The summed E-state index contributed by atoms with van der Waals surface area (Å²) in [6.45, 7) is 7.43. The summed E-state index contributed by atoms with van der Waals surface area (Å²) in [5, 5.41) is 1.12. The van der Waals surface area contributed by atoms with Gasteiger partial charge in [0.2, 0.25) is 5.91 Å². The van der Waals surface area contributed by atoms with Crippen molar-refractivity contribution in [1.29, 1.82) is 0 Å². The maximum absolute atomic E-state index is 14.5. The third-order valence-electron chi connectivity index (χ3n) is 7.65. The Balaban J connectivity index is 1.98. The van der Waals surface area contributed by atoms with E-state index >= 15 is 0 Å². The van der Waals surface area contributed by atoms with Crippen molar-refractivity contribution in [2.24, 2.45) is 10.8 Å². The van der Waals surface area contributed by atoms with E-state index in [9.17, 15) is 18.0 Å². The molecule has 6 nitrogen and oxygen atoms in total. The molecule has 4 atom stereocenters. The second-order valence-corrected chi connectivity index (χ2v) is 14.5. The number of cyclic esters (lactones) is 1. The van der Waals surface area contributed by atoms with Crippen molar-refractivity contribution in [2.75, 3.05) is 18.1 Å². The molecule has 2 aromatic rings. The molecule has 2 aliphatic heterocycles. The lowest BCUT2D eigenvalue weighted by molar-refractivity contribution is -0.158. The van der Waals surface area contributed by atoms with Crippen molar-refractivity contribution in [1.82, 2.24) is 4.90 Å². The van der Waals surface area contributed by atoms with Gasteiger partial charge in [0.05, 0.1) is 29.7 Å². The average molecular weight is 567 g/mol. The van der Waals surface area contributed by atoms with Gasteiger partial charge in [-0.25, -0.2) is 8.42 Å². The predicted octanol–water partition coefficient (Wildman–Crippen LogP) is 5.83. The van der Waals surface area contributed by atoms with Crippen molar-refractivity contribution in [3.05, 3.63) is 69.7 Å². The Morgan fingerprint density at radius 1 is 1.05 bits per heavy atom. The number of sulfone groups is 1. The molecule has 0 saturated carbocycles. The van der Waals surface area contributed by atoms with Gasteiger partial charge in [-0.15, -0.1) is 0 Å². The number of carbonyl (C=O) groups excluding carboxylic acids is 2. The zero-order valence-electron chi connectivity index (χ0n) is 21.5. The minimum atomic E-state index is -3.46. The monoisotopic (exact) mass is 565 g/mol. The summed E-state index contributed by atoms with van der Waals surface area (Å²) in [5.74, 6) is -1.14. The van der Waals surface area contributed by atoms with E-state index in [1.807, 2.05) is 51.1 Å². The molecule has 2 aromatic carbocycles. The number of rotatable bonds is 6. The standard InChI is InChI=1S/C28H33Cl2NO5S/c1-5-37(34,35)16-23(27(2,3)4)31-25(18-9-11-20(29)12-10-18)22(19-7-6-8-21(30)13-19)14-28(26(31)33)15-24(32)36-17-28/h6-13,22-23,25H,5,14-17H2,1-4H3. The first-order valence-electron chi connectivity index (χ1n) is 12.5. The Kier molecular flexibility index (Phi) is 7.72. The van der Waals surface area contributed by atoms with Crippen LogP contribution in [-0.4, -0.2) is 49.3 Å². The lowest BCUT2D eigenvalue weighted by Crippen LogP contribution is -2.61. The highest BCUT2D eigenvalue weighted by Crippen LogP contribution is 2.55. The first-order valence-corrected chi connectivity index (χ1v) is 15.0. The first kappa shape index (κ1) is 27.9. The van der Waals surface area contributed by atoms with Crippen LogP contribution in [0.15, 0.2) is 48.5 Å². The number of ether oxygens (including phenoxy) is 1. The van der Waals surface area contributed by atoms with Crippen LogP contribution >= 0.6 is 23.2 Å². The Morgan fingerprint density at radius 2 is 1.73 bits per heavy atom. The zero-order valence-corrected chi connectivity index (χ0v) is 23.9. The maximum Gasteiger partial charge on any atom is 0.307 e. The van der Waals surface area contributed by atoms with Crippen LogP contribution in [0.25, 0.3) is 0 Å². The van der Waals surface area contributed by atoms with Crippen LogP contribution < -0.4 is 0 Å². The van der Waals surface area contributed by atoms with Crippen molar-refractivity contribution >= 4 is 44.9 Å². The molecule has 200 valence electrons. The minimum Gasteiger partial charge on any atom is -0.464 e. The van der Waals surface area contributed by atoms with Gasteiger partial charge in [0.1, 0.15) is 6.61 Å². The Labute approximate surface area is 229 Å². The summed E-state index contributed by atoms with van der Waals surface area (Å²) in [4.78, 5) is 28.6. The Hall–Kier alpha value is -2.09. The maximum atomic E-state index is 14.5. The summed E-state index contributed by atoms with van der Waals surface area (Å²) >= 11 is 12.6. The molecule has 2 heterocycles. The van der Waals surface area contributed by atoms with E-state index in [0.717, 1.165) is 11.1 Å². The predicted molar refractivity (Wildman–Crippen MR) is 145 cm³/mol. The van der Waals surface area contributed by atoms with Gasteiger partial charge in [0, 0.05) is 21.7 Å². The summed E-state index contributed by atoms with van der Waals surface area (Å²) in [6.07, 6.45) is 0.337. The van der Waals surface area contributed by atoms with Gasteiger partial charge < -0.3 is 9.64 Å². The van der Waals surface area contributed by atoms with Crippen molar-refractivity contribution in [2.45, 2.75) is 58.5 Å². The molecule has 1 amide bonds. The van der Waals surface area contributed by atoms with E-state index in [1.54, 1.807) is 30.0 Å². The quantitative estimate of drug-likeness (QED) is 0.411. The van der Waals surface area contributed by atoms with Crippen LogP contribution in [0.4, 0.5) is 0 Å². The van der Waals surface area contributed by atoms with Gasteiger partial charge in [-0.05, 0) is 47.2 Å². The molecule has 0 N–H and O–H groups in total. The highest BCUT2D eigenvalue weighted by atomic mass is 35.5. The van der Waals surface area contributed by atoms with Crippen LogP contribution in [0, 0.1) is 10.8 Å². The van der Waals surface area contributed by atoms with Gasteiger partial charge in [0.15, 0.2) is 9.84 Å². The average Bonchev–Trinajstić information content (AvgIpc) is 3.20. The normalized spacial score (nSPS) is 25.4. The largest absolute Gasteiger partial charge is 0.464 e. The van der Waals surface area contributed by atoms with Crippen molar-refractivity contribution in [3.63, 3.8) is 0 Å². The molecule has 1 spiro atoms. The van der Waals surface area contributed by atoms with Crippen LogP contribution in [0.3, 0.4) is 0 Å². The number of nitrogens with zero attached hydrogens (tertiary/aromatic N) is 1. The molecule has 37 heavy (non-hydrogen) atoms. The molecule has 0 aliphatic carbocycles. The fraction of sp³-hybridized carbons (Fsp3) is 0.500. The smallest absolute Gasteiger partial charge is 0.307 e. The fourth-order valence-corrected chi connectivity index (χ4v) is 7.31. The lowest BCUT2D eigenvalue weighted by Gasteiger charge is -2.54. The highest BCUT2D eigenvalue weighted by molar-refractivity contribution is 7.91. The second-order valence-electron chi connectivity index (χ2n) is 11.3. The van der Waals surface area contributed by atoms with E-state index in [-0.39, 0.29) is 36.4 Å². The number of benzene rings is 2. The molecule has 2 aliphatic rings. The molecular weight excluding hydrogens is 533 g/mol. The number of piperidine rings is 1. The molecule has 0 radical (unpaired) electrons. The minimum absolute atomic E-state index is 0.0248. The molecule has 0 bridgehead atoms. The second kappa shape index (κ2) is 10.2. The molecule has 4 rings (SSSR count). The number of hydrogen-bond acceptors (Lipinski definition) is 5.